The van der Waals surface area contributed by atoms with Gasteiger partial charge in [0.1, 0.15) is 0 Å². The van der Waals surface area contributed by atoms with Crippen molar-refractivity contribution in [1.29, 1.82) is 5.26 Å². The summed E-state index contributed by atoms with van der Waals surface area (Å²) in [6.45, 7) is 0. The Kier molecular flexibility index (Phi) is 2.80. The summed E-state index contributed by atoms with van der Waals surface area (Å²) in [5, 5.41) is 19.7. The summed E-state index contributed by atoms with van der Waals surface area (Å²) in [5.74, 6) is 0.503. The van der Waals surface area contributed by atoms with Crippen molar-refractivity contribution in [2.75, 3.05) is 17.3 Å². The number of fused-ring (bicyclic) bond motifs is 1. The first kappa shape index (κ1) is 12.1. The predicted octanol–water partition coefficient (Wildman–Crippen LogP) is 1.56. The summed E-state index contributed by atoms with van der Waals surface area (Å²) < 4.78 is 0. The minimum Gasteiger partial charge on any atom is -0.326 e. The third kappa shape index (κ3) is 2.06. The summed E-state index contributed by atoms with van der Waals surface area (Å²) in [5.41, 5.74) is 3.43. The molecule has 2 heterocycles. The molecule has 1 aromatic heterocycles. The van der Waals surface area contributed by atoms with Gasteiger partial charge in [0.2, 0.25) is 5.91 Å². The zero-order valence-corrected chi connectivity index (χ0v) is 10.8. The number of anilines is 2. The molecule has 1 aliphatic heterocycles. The molecule has 0 unspecified atom stereocenters. The van der Waals surface area contributed by atoms with E-state index in [-0.39, 0.29) is 5.91 Å². The zero-order chi connectivity index (χ0) is 14.1. The van der Waals surface area contributed by atoms with Crippen LogP contribution < -0.4 is 10.2 Å². The van der Waals surface area contributed by atoms with Crippen LogP contribution in [0, 0.1) is 11.5 Å². The molecule has 0 radical (unpaired) electrons. The van der Waals surface area contributed by atoms with E-state index in [4.69, 9.17) is 5.26 Å². The van der Waals surface area contributed by atoms with Gasteiger partial charge in [0.15, 0.2) is 12.0 Å². The topological polar surface area (TPSA) is 81.9 Å². The van der Waals surface area contributed by atoms with Crippen LogP contribution in [0.15, 0.2) is 30.3 Å². The number of carbonyl (C=O) groups is 1. The third-order valence-corrected chi connectivity index (χ3v) is 3.17. The van der Waals surface area contributed by atoms with Crippen LogP contribution in [0.3, 0.4) is 0 Å². The van der Waals surface area contributed by atoms with Gasteiger partial charge in [0.25, 0.3) is 0 Å². The van der Waals surface area contributed by atoms with Crippen LogP contribution in [-0.2, 0) is 11.2 Å². The number of nitrogens with zero attached hydrogens (tertiary/aromatic N) is 4. The monoisotopic (exact) mass is 265 g/mol. The van der Waals surface area contributed by atoms with Crippen LogP contribution in [-0.4, -0.2) is 23.2 Å². The molecule has 2 aromatic rings. The number of benzene rings is 1. The van der Waals surface area contributed by atoms with Crippen LogP contribution in [0.2, 0.25) is 0 Å². The van der Waals surface area contributed by atoms with Crippen molar-refractivity contribution >= 4 is 17.4 Å². The maximum atomic E-state index is 11.3. The number of aromatic nitrogens is 2. The second-order valence-corrected chi connectivity index (χ2v) is 4.53. The van der Waals surface area contributed by atoms with Crippen LogP contribution in [0.25, 0.3) is 11.3 Å². The van der Waals surface area contributed by atoms with Crippen LogP contribution in [0.5, 0.6) is 0 Å². The molecular formula is C14H11N5O. The Bertz CT molecular complexity index is 717. The molecule has 6 heteroatoms. The van der Waals surface area contributed by atoms with Gasteiger partial charge in [-0.1, -0.05) is 6.07 Å². The molecule has 1 aliphatic rings. The number of nitrogens with one attached hydrogen (secondary N) is 1. The van der Waals surface area contributed by atoms with E-state index in [0.717, 1.165) is 16.8 Å². The second kappa shape index (κ2) is 4.63. The summed E-state index contributed by atoms with van der Waals surface area (Å²) >= 11 is 0. The molecule has 1 aromatic carbocycles. The molecule has 20 heavy (non-hydrogen) atoms. The van der Waals surface area contributed by atoms with Crippen molar-refractivity contribution in [2.24, 2.45) is 0 Å². The number of hydrogen-bond donors (Lipinski definition) is 1. The fourth-order valence-corrected chi connectivity index (χ4v) is 2.10. The van der Waals surface area contributed by atoms with Gasteiger partial charge in [-0.05, 0) is 29.8 Å². The standard InChI is InChI=1S/C14H11N5O/c1-19(8-15)13-5-4-12(17-18-13)9-2-3-11-10(6-9)7-14(20)16-11/h2-6H,7H2,1H3,(H,16,20). The normalized spacial score (nSPS) is 12.5. The summed E-state index contributed by atoms with van der Waals surface area (Å²) in [4.78, 5) is 12.7. The molecule has 6 nitrogen and oxygen atoms in total. The van der Waals surface area contributed by atoms with Gasteiger partial charge in [-0.3, -0.25) is 9.69 Å². The van der Waals surface area contributed by atoms with E-state index in [1.165, 1.54) is 4.90 Å². The number of nitriles is 1. The summed E-state index contributed by atoms with van der Waals surface area (Å²) in [6, 6.07) is 9.24. The first-order valence-electron chi connectivity index (χ1n) is 6.08. The summed E-state index contributed by atoms with van der Waals surface area (Å²) in [7, 11) is 1.62. The molecule has 3 rings (SSSR count). The fraction of sp³-hybridized carbons (Fsp3) is 0.143. The van der Waals surface area contributed by atoms with E-state index >= 15 is 0 Å². The Hall–Kier alpha value is -2.94. The first-order chi connectivity index (χ1) is 9.67. The van der Waals surface area contributed by atoms with Crippen molar-refractivity contribution in [1.82, 2.24) is 10.2 Å². The van der Waals surface area contributed by atoms with Gasteiger partial charge in [-0.15, -0.1) is 10.2 Å². The van der Waals surface area contributed by atoms with Gasteiger partial charge in [0, 0.05) is 18.3 Å². The van der Waals surface area contributed by atoms with Crippen molar-refractivity contribution in [3.63, 3.8) is 0 Å². The minimum absolute atomic E-state index is 0.00854. The lowest BCUT2D eigenvalue weighted by atomic mass is 10.1. The van der Waals surface area contributed by atoms with E-state index in [1.807, 2.05) is 30.5 Å². The van der Waals surface area contributed by atoms with Gasteiger partial charge >= 0.3 is 0 Å². The molecule has 1 amide bonds. The molecule has 0 fully saturated rings. The van der Waals surface area contributed by atoms with Gasteiger partial charge in [-0.2, -0.15) is 5.26 Å². The fourth-order valence-electron chi connectivity index (χ4n) is 2.10. The number of rotatable bonds is 2. The largest absolute Gasteiger partial charge is 0.326 e. The number of hydrogen-bond acceptors (Lipinski definition) is 5. The average molecular weight is 265 g/mol. The SMILES string of the molecule is CN(C#N)c1ccc(-c2ccc3c(c2)CC(=O)N3)nn1. The highest BCUT2D eigenvalue weighted by Gasteiger charge is 2.18. The lowest BCUT2D eigenvalue weighted by Crippen LogP contribution is -2.10. The van der Waals surface area contributed by atoms with Gasteiger partial charge in [-0.25, -0.2) is 0 Å². The predicted molar refractivity (Wildman–Crippen MR) is 73.8 cm³/mol. The Morgan fingerprint density at radius 1 is 1.30 bits per heavy atom. The first-order valence-corrected chi connectivity index (χ1v) is 6.08. The zero-order valence-electron chi connectivity index (χ0n) is 10.8. The maximum Gasteiger partial charge on any atom is 0.228 e. The summed E-state index contributed by atoms with van der Waals surface area (Å²) in [6.07, 6.45) is 2.36. The van der Waals surface area contributed by atoms with Crippen molar-refractivity contribution in [3.05, 3.63) is 35.9 Å². The van der Waals surface area contributed by atoms with E-state index < -0.39 is 0 Å². The van der Waals surface area contributed by atoms with Crippen molar-refractivity contribution in [2.45, 2.75) is 6.42 Å². The van der Waals surface area contributed by atoms with E-state index in [2.05, 4.69) is 15.5 Å². The molecule has 0 spiro atoms. The third-order valence-electron chi connectivity index (χ3n) is 3.17. The molecule has 0 atom stereocenters. The second-order valence-electron chi connectivity index (χ2n) is 4.53. The maximum absolute atomic E-state index is 11.3. The lowest BCUT2D eigenvalue weighted by Gasteiger charge is -2.07. The highest BCUT2D eigenvalue weighted by molar-refractivity contribution is 5.99. The van der Waals surface area contributed by atoms with E-state index in [0.29, 0.717) is 17.9 Å². The average Bonchev–Trinajstić information content (AvgIpc) is 2.85. The Balaban J connectivity index is 1.93. The van der Waals surface area contributed by atoms with Crippen LogP contribution in [0.4, 0.5) is 11.5 Å². The molecule has 0 bridgehead atoms. The van der Waals surface area contributed by atoms with Crippen LogP contribution >= 0.6 is 0 Å². The van der Waals surface area contributed by atoms with Gasteiger partial charge < -0.3 is 5.32 Å². The smallest absolute Gasteiger partial charge is 0.228 e. The van der Waals surface area contributed by atoms with Gasteiger partial charge in [0.05, 0.1) is 12.1 Å². The Labute approximate surface area is 115 Å². The molecule has 1 N–H and O–H groups in total. The number of amides is 1. The Morgan fingerprint density at radius 2 is 2.15 bits per heavy atom. The van der Waals surface area contributed by atoms with Crippen LogP contribution in [0.1, 0.15) is 5.56 Å². The van der Waals surface area contributed by atoms with E-state index in [1.54, 1.807) is 13.1 Å². The van der Waals surface area contributed by atoms with Crippen molar-refractivity contribution in [3.8, 4) is 17.5 Å². The number of carbonyl (C=O) groups excluding carboxylic acids is 1. The molecule has 0 aliphatic carbocycles. The highest BCUT2D eigenvalue weighted by atomic mass is 16.1. The lowest BCUT2D eigenvalue weighted by molar-refractivity contribution is -0.115. The molecule has 0 saturated heterocycles. The Morgan fingerprint density at radius 3 is 2.85 bits per heavy atom. The quantitative estimate of drug-likeness (QED) is 0.658. The van der Waals surface area contributed by atoms with E-state index in [9.17, 15) is 4.79 Å². The van der Waals surface area contributed by atoms with Crippen molar-refractivity contribution < 1.29 is 4.79 Å². The molecular weight excluding hydrogens is 254 g/mol. The molecule has 0 saturated carbocycles. The molecule has 98 valence electrons. The minimum atomic E-state index is 0.00854. The highest BCUT2D eigenvalue weighted by Crippen LogP contribution is 2.28.